The predicted octanol–water partition coefficient (Wildman–Crippen LogP) is 1.75. The number of amides is 1. The van der Waals surface area contributed by atoms with Crippen molar-refractivity contribution < 1.29 is 4.79 Å². The zero-order valence-electron chi connectivity index (χ0n) is 7.80. The fourth-order valence-corrected chi connectivity index (χ4v) is 2.21. The van der Waals surface area contributed by atoms with Crippen molar-refractivity contribution >= 4 is 28.5 Å². The molecular weight excluding hydrogens is 196 g/mol. The van der Waals surface area contributed by atoms with Gasteiger partial charge in [-0.05, 0) is 12.1 Å². The summed E-state index contributed by atoms with van der Waals surface area (Å²) in [7, 11) is 1.71. The highest BCUT2D eigenvalue weighted by Gasteiger charge is 2.28. The molecule has 2 rings (SSSR count). The van der Waals surface area contributed by atoms with Crippen LogP contribution < -0.4 is 4.90 Å². The van der Waals surface area contributed by atoms with E-state index < -0.39 is 0 Å². The Labute approximate surface area is 86.8 Å². The molecule has 0 atom stereocenters. The molecule has 0 aliphatic carbocycles. The largest absolute Gasteiger partial charge is 0.273 e. The van der Waals surface area contributed by atoms with Crippen molar-refractivity contribution in [2.75, 3.05) is 17.7 Å². The first-order valence-electron chi connectivity index (χ1n) is 4.30. The van der Waals surface area contributed by atoms with Crippen LogP contribution in [-0.2, 0) is 4.79 Å². The van der Waals surface area contributed by atoms with Crippen molar-refractivity contribution in [1.82, 2.24) is 0 Å². The number of para-hydroxylation sites is 1. The number of aliphatic imine (C=N–C) groups is 1. The van der Waals surface area contributed by atoms with Gasteiger partial charge in [0.15, 0.2) is 5.17 Å². The van der Waals surface area contributed by atoms with Crippen molar-refractivity contribution in [3.8, 4) is 0 Å². The molecule has 1 aromatic rings. The summed E-state index contributed by atoms with van der Waals surface area (Å²) >= 11 is 1.48. The molecule has 0 spiro atoms. The number of amidine groups is 1. The molecule has 1 amide bonds. The molecule has 1 aliphatic heterocycles. The van der Waals surface area contributed by atoms with Crippen LogP contribution in [0.5, 0.6) is 0 Å². The first kappa shape index (κ1) is 9.27. The predicted molar refractivity (Wildman–Crippen MR) is 59.7 cm³/mol. The first-order valence-corrected chi connectivity index (χ1v) is 5.29. The van der Waals surface area contributed by atoms with Gasteiger partial charge >= 0.3 is 0 Å². The maximum Gasteiger partial charge on any atom is 0.243 e. The third-order valence-corrected chi connectivity index (χ3v) is 2.99. The number of rotatable bonds is 1. The maximum atomic E-state index is 11.6. The number of carbonyl (C=O) groups is 1. The van der Waals surface area contributed by atoms with Crippen molar-refractivity contribution in [1.29, 1.82) is 0 Å². The number of thioether (sulfide) groups is 1. The summed E-state index contributed by atoms with van der Waals surface area (Å²) < 4.78 is 0. The fourth-order valence-electron chi connectivity index (χ4n) is 1.36. The van der Waals surface area contributed by atoms with Crippen molar-refractivity contribution in [2.45, 2.75) is 0 Å². The Balaban J connectivity index is 2.38. The Morgan fingerprint density at radius 3 is 2.71 bits per heavy atom. The normalized spacial score (nSPS) is 19.4. The van der Waals surface area contributed by atoms with Crippen LogP contribution in [0.1, 0.15) is 0 Å². The van der Waals surface area contributed by atoms with E-state index >= 15 is 0 Å². The Kier molecular flexibility index (Phi) is 2.54. The second kappa shape index (κ2) is 3.84. The smallest absolute Gasteiger partial charge is 0.243 e. The van der Waals surface area contributed by atoms with E-state index in [1.54, 1.807) is 11.9 Å². The average molecular weight is 206 g/mol. The number of benzene rings is 1. The van der Waals surface area contributed by atoms with E-state index in [0.29, 0.717) is 5.75 Å². The lowest BCUT2D eigenvalue weighted by atomic mass is 10.3. The molecule has 0 N–H and O–H groups in total. The van der Waals surface area contributed by atoms with Gasteiger partial charge in [0.1, 0.15) is 0 Å². The van der Waals surface area contributed by atoms with Crippen molar-refractivity contribution in [2.24, 2.45) is 4.99 Å². The minimum Gasteiger partial charge on any atom is -0.273 e. The zero-order valence-corrected chi connectivity index (χ0v) is 8.62. The molecule has 0 unspecified atom stereocenters. The second-order valence-corrected chi connectivity index (χ2v) is 3.80. The van der Waals surface area contributed by atoms with Crippen LogP contribution in [0.25, 0.3) is 0 Å². The molecule has 3 nitrogen and oxygen atoms in total. The molecule has 1 saturated heterocycles. The minimum absolute atomic E-state index is 0.0989. The number of nitrogens with zero attached hydrogens (tertiary/aromatic N) is 2. The van der Waals surface area contributed by atoms with Crippen LogP contribution in [0.4, 0.5) is 5.69 Å². The third kappa shape index (κ3) is 1.53. The summed E-state index contributed by atoms with van der Waals surface area (Å²) in [4.78, 5) is 17.3. The van der Waals surface area contributed by atoms with Gasteiger partial charge < -0.3 is 0 Å². The van der Waals surface area contributed by atoms with Crippen LogP contribution in [0.15, 0.2) is 35.3 Å². The van der Waals surface area contributed by atoms with Gasteiger partial charge in [0.2, 0.25) is 5.91 Å². The molecule has 1 fully saturated rings. The van der Waals surface area contributed by atoms with Gasteiger partial charge in [0.05, 0.1) is 11.4 Å². The lowest BCUT2D eigenvalue weighted by molar-refractivity contribution is -0.115. The monoisotopic (exact) mass is 206 g/mol. The third-order valence-electron chi connectivity index (χ3n) is 1.97. The Morgan fingerprint density at radius 2 is 2.07 bits per heavy atom. The van der Waals surface area contributed by atoms with Crippen molar-refractivity contribution in [3.63, 3.8) is 0 Å². The van der Waals surface area contributed by atoms with Gasteiger partial charge in [0.25, 0.3) is 0 Å². The standard InChI is InChI=1S/C10H10N2OS/c1-11-10-12(9(13)7-14-10)8-5-3-2-4-6-8/h2-6H,7H2,1H3. The molecule has 1 aliphatic rings. The first-order chi connectivity index (χ1) is 6.83. The van der Waals surface area contributed by atoms with Gasteiger partial charge in [-0.25, -0.2) is 0 Å². The van der Waals surface area contributed by atoms with Crippen LogP contribution in [0.3, 0.4) is 0 Å². The summed E-state index contributed by atoms with van der Waals surface area (Å²) in [5, 5.41) is 0.779. The van der Waals surface area contributed by atoms with Crippen LogP contribution in [-0.4, -0.2) is 23.9 Å². The minimum atomic E-state index is 0.0989. The van der Waals surface area contributed by atoms with Crippen LogP contribution in [0, 0.1) is 0 Å². The maximum absolute atomic E-state index is 11.6. The van der Waals surface area contributed by atoms with E-state index in [1.807, 2.05) is 30.3 Å². The van der Waals surface area contributed by atoms with Gasteiger partial charge in [0, 0.05) is 7.05 Å². The Bertz CT molecular complexity index is 375. The number of hydrogen-bond donors (Lipinski definition) is 0. The molecule has 1 aromatic carbocycles. The molecule has 14 heavy (non-hydrogen) atoms. The highest BCUT2D eigenvalue weighted by atomic mass is 32.2. The number of anilines is 1. The molecule has 1 heterocycles. The summed E-state index contributed by atoms with van der Waals surface area (Å²) in [5.74, 6) is 0.587. The topological polar surface area (TPSA) is 32.7 Å². The molecule has 4 heteroatoms. The van der Waals surface area contributed by atoms with E-state index in [-0.39, 0.29) is 5.91 Å². The van der Waals surface area contributed by atoms with Gasteiger partial charge in [-0.1, -0.05) is 30.0 Å². The SMILES string of the molecule is CN=C1SCC(=O)N1c1ccccc1. The average Bonchev–Trinajstić information content (AvgIpc) is 2.61. The highest BCUT2D eigenvalue weighted by molar-refractivity contribution is 8.15. The van der Waals surface area contributed by atoms with Gasteiger partial charge in [-0.15, -0.1) is 0 Å². The lowest BCUT2D eigenvalue weighted by Gasteiger charge is -2.14. The molecule has 72 valence electrons. The van der Waals surface area contributed by atoms with Crippen LogP contribution in [0.2, 0.25) is 0 Å². The lowest BCUT2D eigenvalue weighted by Crippen LogP contribution is -2.28. The summed E-state index contributed by atoms with van der Waals surface area (Å²) in [6, 6.07) is 9.58. The molecule has 0 bridgehead atoms. The summed E-state index contributed by atoms with van der Waals surface area (Å²) in [6.45, 7) is 0. The second-order valence-electron chi connectivity index (χ2n) is 2.86. The number of carbonyl (C=O) groups excluding carboxylic acids is 1. The van der Waals surface area contributed by atoms with Crippen molar-refractivity contribution in [3.05, 3.63) is 30.3 Å². The Hall–Kier alpha value is -1.29. The van der Waals surface area contributed by atoms with E-state index in [9.17, 15) is 4.79 Å². The zero-order chi connectivity index (χ0) is 9.97. The summed E-state index contributed by atoms with van der Waals surface area (Å²) in [6.07, 6.45) is 0. The van der Waals surface area contributed by atoms with E-state index in [1.165, 1.54) is 11.8 Å². The molecule has 0 radical (unpaired) electrons. The van der Waals surface area contributed by atoms with E-state index in [4.69, 9.17) is 0 Å². The highest BCUT2D eigenvalue weighted by Crippen LogP contribution is 2.25. The molecular formula is C10H10N2OS. The molecule has 0 aromatic heterocycles. The van der Waals surface area contributed by atoms with Gasteiger partial charge in [-0.3, -0.25) is 14.7 Å². The molecule has 0 saturated carbocycles. The number of hydrogen-bond acceptors (Lipinski definition) is 3. The summed E-state index contributed by atoms with van der Waals surface area (Å²) in [5.41, 5.74) is 0.892. The van der Waals surface area contributed by atoms with Gasteiger partial charge in [-0.2, -0.15) is 0 Å². The van der Waals surface area contributed by atoms with Crippen LogP contribution >= 0.6 is 11.8 Å². The fraction of sp³-hybridized carbons (Fsp3) is 0.200. The Morgan fingerprint density at radius 1 is 1.36 bits per heavy atom. The van der Waals surface area contributed by atoms with E-state index in [0.717, 1.165) is 10.9 Å². The van der Waals surface area contributed by atoms with E-state index in [2.05, 4.69) is 4.99 Å². The quantitative estimate of drug-likeness (QED) is 0.701.